The number of rotatable bonds is 3. The Morgan fingerprint density at radius 1 is 1.00 bits per heavy atom. The molecule has 0 heterocycles. The van der Waals surface area contributed by atoms with E-state index in [1.165, 1.54) is 63.5 Å². The van der Waals surface area contributed by atoms with Crippen LogP contribution >= 0.6 is 0 Å². The molecule has 0 amide bonds. The summed E-state index contributed by atoms with van der Waals surface area (Å²) in [6.45, 7) is 2.96. The van der Waals surface area contributed by atoms with E-state index >= 15 is 0 Å². The zero-order valence-electron chi connectivity index (χ0n) is 10.1. The summed E-state index contributed by atoms with van der Waals surface area (Å²) in [4.78, 5) is 0. The molecule has 0 spiro atoms. The van der Waals surface area contributed by atoms with Crippen molar-refractivity contribution in [3.63, 3.8) is 0 Å². The van der Waals surface area contributed by atoms with Crippen molar-refractivity contribution in [3.05, 3.63) is 11.3 Å². The zero-order chi connectivity index (χ0) is 10.5. The van der Waals surface area contributed by atoms with Gasteiger partial charge in [0.15, 0.2) is 0 Å². The minimum Gasteiger partial charge on any atom is -0.498 e. The van der Waals surface area contributed by atoms with Crippen molar-refractivity contribution in [1.29, 1.82) is 0 Å². The molecule has 2 aliphatic rings. The molecule has 1 saturated carbocycles. The van der Waals surface area contributed by atoms with Crippen LogP contribution in [-0.2, 0) is 4.74 Å². The van der Waals surface area contributed by atoms with Gasteiger partial charge in [-0.3, -0.25) is 0 Å². The van der Waals surface area contributed by atoms with E-state index in [2.05, 4.69) is 6.92 Å². The van der Waals surface area contributed by atoms with Crippen molar-refractivity contribution < 1.29 is 4.74 Å². The van der Waals surface area contributed by atoms with E-state index in [9.17, 15) is 0 Å². The summed E-state index contributed by atoms with van der Waals surface area (Å²) in [5.74, 6) is 2.25. The molecular formula is C14H24O. The largest absolute Gasteiger partial charge is 0.498 e. The summed E-state index contributed by atoms with van der Waals surface area (Å²) < 4.78 is 5.83. The third-order valence-electron chi connectivity index (χ3n) is 3.87. The lowest BCUT2D eigenvalue weighted by Gasteiger charge is -2.29. The molecule has 0 saturated heterocycles. The predicted molar refractivity (Wildman–Crippen MR) is 63.7 cm³/mol. The van der Waals surface area contributed by atoms with Gasteiger partial charge < -0.3 is 4.74 Å². The molecule has 0 aromatic heterocycles. The van der Waals surface area contributed by atoms with Gasteiger partial charge in [0.05, 0.1) is 12.4 Å². The molecule has 0 radical (unpaired) electrons. The van der Waals surface area contributed by atoms with Gasteiger partial charge in [-0.1, -0.05) is 19.3 Å². The molecule has 0 bridgehead atoms. The van der Waals surface area contributed by atoms with Crippen LogP contribution in [0, 0.1) is 5.92 Å². The van der Waals surface area contributed by atoms with Crippen LogP contribution in [0.25, 0.3) is 0 Å². The number of allylic oxidation sites excluding steroid dienone is 2. The Kier molecular flexibility index (Phi) is 4.10. The SMILES string of the molecule is CCOC1=C(C2CCCCC2)CCCC1. The van der Waals surface area contributed by atoms with E-state index in [0.717, 1.165) is 12.5 Å². The van der Waals surface area contributed by atoms with Crippen molar-refractivity contribution in [2.24, 2.45) is 5.92 Å². The predicted octanol–water partition coefficient (Wildman–Crippen LogP) is 4.43. The topological polar surface area (TPSA) is 9.23 Å². The normalized spacial score (nSPS) is 24.3. The first-order valence-corrected chi connectivity index (χ1v) is 6.76. The van der Waals surface area contributed by atoms with Gasteiger partial charge in [-0.05, 0) is 50.5 Å². The average Bonchev–Trinajstić information content (AvgIpc) is 2.31. The highest BCUT2D eigenvalue weighted by atomic mass is 16.5. The molecule has 0 aromatic rings. The fourth-order valence-electron chi connectivity index (χ4n) is 3.12. The number of hydrogen-bond donors (Lipinski definition) is 0. The maximum atomic E-state index is 5.83. The van der Waals surface area contributed by atoms with Crippen LogP contribution in [-0.4, -0.2) is 6.61 Å². The molecule has 0 N–H and O–H groups in total. The molecule has 0 atom stereocenters. The quantitative estimate of drug-likeness (QED) is 0.666. The van der Waals surface area contributed by atoms with E-state index < -0.39 is 0 Å². The van der Waals surface area contributed by atoms with Crippen molar-refractivity contribution in [3.8, 4) is 0 Å². The highest BCUT2D eigenvalue weighted by Crippen LogP contribution is 2.38. The van der Waals surface area contributed by atoms with Crippen molar-refractivity contribution >= 4 is 0 Å². The van der Waals surface area contributed by atoms with Crippen LogP contribution in [0.1, 0.15) is 64.7 Å². The summed E-state index contributed by atoms with van der Waals surface area (Å²) in [7, 11) is 0. The molecule has 0 unspecified atom stereocenters. The van der Waals surface area contributed by atoms with E-state index in [0.29, 0.717) is 0 Å². The fraction of sp³-hybridized carbons (Fsp3) is 0.857. The Bertz CT molecular complexity index is 223. The Morgan fingerprint density at radius 2 is 1.73 bits per heavy atom. The van der Waals surface area contributed by atoms with Crippen LogP contribution < -0.4 is 0 Å². The highest BCUT2D eigenvalue weighted by Gasteiger charge is 2.23. The second kappa shape index (κ2) is 5.58. The van der Waals surface area contributed by atoms with Gasteiger partial charge in [-0.2, -0.15) is 0 Å². The van der Waals surface area contributed by atoms with Gasteiger partial charge in [0.2, 0.25) is 0 Å². The second-order valence-corrected chi connectivity index (χ2v) is 4.92. The lowest BCUT2D eigenvalue weighted by Crippen LogP contribution is -2.15. The molecular weight excluding hydrogens is 184 g/mol. The molecule has 1 fully saturated rings. The summed E-state index contributed by atoms with van der Waals surface area (Å²) in [6.07, 6.45) is 12.4. The highest BCUT2D eigenvalue weighted by molar-refractivity contribution is 5.15. The summed E-state index contributed by atoms with van der Waals surface area (Å²) in [6, 6.07) is 0. The van der Waals surface area contributed by atoms with Crippen LogP contribution in [0.4, 0.5) is 0 Å². The van der Waals surface area contributed by atoms with Crippen LogP contribution in [0.2, 0.25) is 0 Å². The standard InChI is InChI=1S/C14H24O/c1-2-15-14-11-7-6-10-13(14)12-8-4-3-5-9-12/h12H,2-11H2,1H3. The van der Waals surface area contributed by atoms with Gasteiger partial charge in [-0.25, -0.2) is 0 Å². The maximum Gasteiger partial charge on any atom is 0.0954 e. The monoisotopic (exact) mass is 208 g/mol. The van der Waals surface area contributed by atoms with Crippen LogP contribution in [0.5, 0.6) is 0 Å². The lowest BCUT2D eigenvalue weighted by molar-refractivity contribution is 0.197. The van der Waals surface area contributed by atoms with Gasteiger partial charge >= 0.3 is 0 Å². The first-order chi connectivity index (χ1) is 7.42. The Labute approximate surface area is 93.9 Å². The Balaban J connectivity index is 2.06. The fourth-order valence-corrected chi connectivity index (χ4v) is 3.12. The minimum atomic E-state index is 0.853. The first kappa shape index (κ1) is 11.0. The first-order valence-electron chi connectivity index (χ1n) is 6.76. The van der Waals surface area contributed by atoms with E-state index in [-0.39, 0.29) is 0 Å². The average molecular weight is 208 g/mol. The molecule has 1 heteroatoms. The summed E-state index contributed by atoms with van der Waals surface area (Å²) >= 11 is 0. The number of ether oxygens (including phenoxy) is 1. The lowest BCUT2D eigenvalue weighted by atomic mass is 9.79. The van der Waals surface area contributed by atoms with Gasteiger partial charge in [0.25, 0.3) is 0 Å². The third kappa shape index (κ3) is 2.76. The van der Waals surface area contributed by atoms with Gasteiger partial charge in [-0.15, -0.1) is 0 Å². The summed E-state index contributed by atoms with van der Waals surface area (Å²) in [5.41, 5.74) is 1.70. The molecule has 2 rings (SSSR count). The van der Waals surface area contributed by atoms with Crippen LogP contribution in [0.3, 0.4) is 0 Å². The maximum absolute atomic E-state index is 5.83. The zero-order valence-corrected chi connectivity index (χ0v) is 10.1. The van der Waals surface area contributed by atoms with E-state index in [1.54, 1.807) is 5.57 Å². The van der Waals surface area contributed by atoms with Gasteiger partial charge in [0.1, 0.15) is 0 Å². The Hall–Kier alpha value is -0.460. The minimum absolute atomic E-state index is 0.853. The molecule has 1 nitrogen and oxygen atoms in total. The van der Waals surface area contributed by atoms with Crippen molar-refractivity contribution in [2.45, 2.75) is 64.7 Å². The molecule has 15 heavy (non-hydrogen) atoms. The third-order valence-corrected chi connectivity index (χ3v) is 3.87. The van der Waals surface area contributed by atoms with Gasteiger partial charge in [0, 0.05) is 6.42 Å². The molecule has 0 aliphatic heterocycles. The Morgan fingerprint density at radius 3 is 2.47 bits per heavy atom. The van der Waals surface area contributed by atoms with Crippen molar-refractivity contribution in [1.82, 2.24) is 0 Å². The van der Waals surface area contributed by atoms with Crippen molar-refractivity contribution in [2.75, 3.05) is 6.61 Å². The number of hydrogen-bond acceptors (Lipinski definition) is 1. The summed E-state index contributed by atoms with van der Waals surface area (Å²) in [5, 5.41) is 0. The molecule has 0 aromatic carbocycles. The van der Waals surface area contributed by atoms with Crippen LogP contribution in [0.15, 0.2) is 11.3 Å². The smallest absolute Gasteiger partial charge is 0.0954 e. The molecule has 2 aliphatic carbocycles. The second-order valence-electron chi connectivity index (χ2n) is 4.92. The van der Waals surface area contributed by atoms with E-state index in [1.807, 2.05) is 0 Å². The molecule has 86 valence electrons. The van der Waals surface area contributed by atoms with E-state index in [4.69, 9.17) is 4.74 Å².